The molecule has 1 aromatic rings. The fraction of sp³-hybridized carbons (Fsp3) is 0.333. The summed E-state index contributed by atoms with van der Waals surface area (Å²) in [5.41, 5.74) is 6.03. The zero-order valence-electron chi connectivity index (χ0n) is 10.1. The van der Waals surface area contributed by atoms with Crippen LogP contribution in [0.1, 0.15) is 5.56 Å². The van der Waals surface area contributed by atoms with E-state index in [1.54, 1.807) is 12.1 Å². The molecule has 1 aromatic carbocycles. The van der Waals surface area contributed by atoms with Crippen molar-refractivity contribution < 1.29 is 14.7 Å². The molecule has 0 aromatic heterocycles. The number of nitrogens with one attached hydrogen (secondary N) is 2. The van der Waals surface area contributed by atoms with Crippen LogP contribution in [0.5, 0.6) is 5.75 Å². The topological polar surface area (TPSA) is 104 Å². The Bertz CT molecular complexity index is 417. The third-order valence-corrected chi connectivity index (χ3v) is 2.46. The van der Waals surface area contributed by atoms with Gasteiger partial charge in [-0.3, -0.25) is 9.59 Å². The molecule has 1 unspecified atom stereocenters. The zero-order valence-corrected chi connectivity index (χ0v) is 10.1. The Balaban J connectivity index is 2.74. The molecule has 0 bridgehead atoms. The lowest BCUT2D eigenvalue weighted by Gasteiger charge is -2.17. The van der Waals surface area contributed by atoms with Crippen LogP contribution in [0.3, 0.4) is 0 Å². The molecular formula is C12H17N3O3. The Morgan fingerprint density at radius 3 is 2.44 bits per heavy atom. The molecule has 0 fully saturated rings. The van der Waals surface area contributed by atoms with Crippen molar-refractivity contribution >= 4 is 11.8 Å². The van der Waals surface area contributed by atoms with E-state index in [0.717, 1.165) is 5.56 Å². The van der Waals surface area contributed by atoms with Gasteiger partial charge in [0.05, 0.1) is 6.54 Å². The smallest absolute Gasteiger partial charge is 0.242 e. The van der Waals surface area contributed by atoms with E-state index in [1.807, 2.05) is 0 Å². The number of aromatic hydroxyl groups is 1. The SMILES string of the molecule is CNC(=O)C(Cc1ccc(O)cc1)NC(=O)CN. The van der Waals surface area contributed by atoms with Gasteiger partial charge in [0.2, 0.25) is 11.8 Å². The molecular weight excluding hydrogens is 234 g/mol. The minimum absolute atomic E-state index is 0.154. The lowest BCUT2D eigenvalue weighted by Crippen LogP contribution is -2.48. The molecule has 2 amide bonds. The minimum Gasteiger partial charge on any atom is -0.508 e. The first kappa shape index (κ1) is 14.0. The van der Waals surface area contributed by atoms with Crippen molar-refractivity contribution in [3.63, 3.8) is 0 Å². The Hall–Kier alpha value is -2.08. The third-order valence-electron chi connectivity index (χ3n) is 2.46. The molecule has 0 spiro atoms. The standard InChI is InChI=1S/C12H17N3O3/c1-14-12(18)10(15-11(17)7-13)6-8-2-4-9(16)5-3-8/h2-5,10,16H,6-7,13H2,1H3,(H,14,18)(H,15,17). The van der Waals surface area contributed by atoms with Gasteiger partial charge in [-0.05, 0) is 17.7 Å². The van der Waals surface area contributed by atoms with Crippen LogP contribution in [-0.2, 0) is 16.0 Å². The summed E-state index contributed by atoms with van der Waals surface area (Å²) in [6, 6.07) is 5.78. The number of likely N-dealkylation sites (N-methyl/N-ethyl adjacent to an activating group) is 1. The molecule has 0 saturated heterocycles. The van der Waals surface area contributed by atoms with Crippen molar-refractivity contribution in [3.8, 4) is 5.75 Å². The van der Waals surface area contributed by atoms with Crippen LogP contribution in [0.15, 0.2) is 24.3 Å². The van der Waals surface area contributed by atoms with E-state index in [-0.39, 0.29) is 24.1 Å². The van der Waals surface area contributed by atoms with Gasteiger partial charge in [-0.1, -0.05) is 12.1 Å². The molecule has 5 N–H and O–H groups in total. The predicted molar refractivity (Wildman–Crippen MR) is 66.9 cm³/mol. The Labute approximate surface area is 105 Å². The molecule has 1 rings (SSSR count). The van der Waals surface area contributed by atoms with Gasteiger partial charge < -0.3 is 21.5 Å². The molecule has 1 atom stereocenters. The second kappa shape index (κ2) is 6.61. The van der Waals surface area contributed by atoms with Crippen LogP contribution in [0.25, 0.3) is 0 Å². The van der Waals surface area contributed by atoms with Crippen molar-refractivity contribution in [2.45, 2.75) is 12.5 Å². The van der Waals surface area contributed by atoms with Gasteiger partial charge in [-0.25, -0.2) is 0 Å². The number of rotatable bonds is 5. The number of phenols is 1. The summed E-state index contributed by atoms with van der Waals surface area (Å²) in [4.78, 5) is 22.8. The van der Waals surface area contributed by atoms with Crippen LogP contribution >= 0.6 is 0 Å². The molecule has 6 nitrogen and oxygen atoms in total. The Morgan fingerprint density at radius 2 is 1.94 bits per heavy atom. The molecule has 0 aliphatic heterocycles. The van der Waals surface area contributed by atoms with E-state index in [9.17, 15) is 9.59 Å². The predicted octanol–water partition coefficient (Wildman–Crippen LogP) is -0.876. The normalized spacial score (nSPS) is 11.7. The van der Waals surface area contributed by atoms with Gasteiger partial charge in [0.1, 0.15) is 11.8 Å². The fourth-order valence-corrected chi connectivity index (χ4v) is 1.50. The summed E-state index contributed by atoms with van der Waals surface area (Å²) in [6.07, 6.45) is 0.339. The average Bonchev–Trinajstić information content (AvgIpc) is 2.39. The highest BCUT2D eigenvalue weighted by Crippen LogP contribution is 2.11. The van der Waals surface area contributed by atoms with Crippen LogP contribution in [-0.4, -0.2) is 36.6 Å². The van der Waals surface area contributed by atoms with Crippen molar-refractivity contribution in [1.82, 2.24) is 10.6 Å². The average molecular weight is 251 g/mol. The second-order valence-corrected chi connectivity index (χ2v) is 3.81. The van der Waals surface area contributed by atoms with Crippen LogP contribution < -0.4 is 16.4 Å². The minimum atomic E-state index is -0.671. The third kappa shape index (κ3) is 4.06. The molecule has 0 radical (unpaired) electrons. The number of nitrogens with two attached hydrogens (primary N) is 1. The lowest BCUT2D eigenvalue weighted by atomic mass is 10.1. The van der Waals surface area contributed by atoms with Gasteiger partial charge in [-0.2, -0.15) is 0 Å². The fourth-order valence-electron chi connectivity index (χ4n) is 1.50. The lowest BCUT2D eigenvalue weighted by molar-refractivity contribution is -0.128. The van der Waals surface area contributed by atoms with Gasteiger partial charge in [0.25, 0.3) is 0 Å². The highest BCUT2D eigenvalue weighted by Gasteiger charge is 2.19. The number of phenolic OH excluding ortho intramolecular Hbond substituents is 1. The first-order valence-corrected chi connectivity index (χ1v) is 5.55. The number of carbonyl (C=O) groups excluding carboxylic acids is 2. The number of hydrogen-bond acceptors (Lipinski definition) is 4. The van der Waals surface area contributed by atoms with E-state index in [4.69, 9.17) is 10.8 Å². The van der Waals surface area contributed by atoms with Crippen LogP contribution in [0.4, 0.5) is 0 Å². The monoisotopic (exact) mass is 251 g/mol. The molecule has 0 aliphatic carbocycles. The maximum Gasteiger partial charge on any atom is 0.242 e. The molecule has 0 aliphatic rings. The first-order chi connectivity index (χ1) is 8.56. The van der Waals surface area contributed by atoms with E-state index in [1.165, 1.54) is 19.2 Å². The molecule has 98 valence electrons. The summed E-state index contributed by atoms with van der Waals surface area (Å²) in [7, 11) is 1.50. The summed E-state index contributed by atoms with van der Waals surface area (Å²) in [5.74, 6) is -0.520. The number of carbonyl (C=O) groups is 2. The molecule has 0 heterocycles. The van der Waals surface area contributed by atoms with Crippen molar-refractivity contribution in [3.05, 3.63) is 29.8 Å². The molecule has 18 heavy (non-hydrogen) atoms. The van der Waals surface area contributed by atoms with Gasteiger partial charge in [0, 0.05) is 13.5 Å². The summed E-state index contributed by atoms with van der Waals surface area (Å²) >= 11 is 0. The maximum absolute atomic E-state index is 11.6. The first-order valence-electron chi connectivity index (χ1n) is 5.55. The van der Waals surface area contributed by atoms with Gasteiger partial charge in [0.15, 0.2) is 0 Å². The zero-order chi connectivity index (χ0) is 13.5. The van der Waals surface area contributed by atoms with Crippen LogP contribution in [0, 0.1) is 0 Å². The van der Waals surface area contributed by atoms with E-state index < -0.39 is 6.04 Å². The van der Waals surface area contributed by atoms with E-state index in [0.29, 0.717) is 6.42 Å². The highest BCUT2D eigenvalue weighted by molar-refractivity contribution is 5.88. The Morgan fingerprint density at radius 1 is 1.33 bits per heavy atom. The number of hydrogen-bond donors (Lipinski definition) is 4. The highest BCUT2D eigenvalue weighted by atomic mass is 16.3. The quantitative estimate of drug-likeness (QED) is 0.545. The van der Waals surface area contributed by atoms with Crippen molar-refractivity contribution in [2.75, 3.05) is 13.6 Å². The van der Waals surface area contributed by atoms with E-state index >= 15 is 0 Å². The number of amides is 2. The largest absolute Gasteiger partial charge is 0.508 e. The summed E-state index contributed by atoms with van der Waals surface area (Å²) < 4.78 is 0. The van der Waals surface area contributed by atoms with Gasteiger partial charge >= 0.3 is 0 Å². The second-order valence-electron chi connectivity index (χ2n) is 3.81. The molecule has 6 heteroatoms. The van der Waals surface area contributed by atoms with E-state index in [2.05, 4.69) is 10.6 Å². The maximum atomic E-state index is 11.6. The summed E-state index contributed by atoms with van der Waals surface area (Å²) in [6.45, 7) is -0.164. The van der Waals surface area contributed by atoms with Crippen molar-refractivity contribution in [1.29, 1.82) is 0 Å². The summed E-state index contributed by atoms with van der Waals surface area (Å²) in [5, 5.41) is 14.2. The van der Waals surface area contributed by atoms with Gasteiger partial charge in [-0.15, -0.1) is 0 Å². The van der Waals surface area contributed by atoms with Crippen molar-refractivity contribution in [2.24, 2.45) is 5.73 Å². The molecule has 0 saturated carbocycles. The van der Waals surface area contributed by atoms with Crippen LogP contribution in [0.2, 0.25) is 0 Å². The number of benzene rings is 1. The Kier molecular flexibility index (Phi) is 5.13.